The van der Waals surface area contributed by atoms with Gasteiger partial charge in [0.05, 0.1) is 16.1 Å². The van der Waals surface area contributed by atoms with Gasteiger partial charge in [0.25, 0.3) is 0 Å². The summed E-state index contributed by atoms with van der Waals surface area (Å²) in [6.45, 7) is 1.99. The first kappa shape index (κ1) is 28.7. The van der Waals surface area contributed by atoms with Gasteiger partial charge in [-0.05, 0) is 74.8 Å². The number of hydrogen-bond donors (Lipinski definition) is 1. The summed E-state index contributed by atoms with van der Waals surface area (Å²) in [5.74, 6) is 1.01. The lowest BCUT2D eigenvalue weighted by atomic mass is 9.95. The van der Waals surface area contributed by atoms with Gasteiger partial charge in [0, 0.05) is 41.5 Å². The van der Waals surface area contributed by atoms with Crippen LogP contribution in [0.15, 0.2) is 55.0 Å². The van der Waals surface area contributed by atoms with E-state index in [9.17, 15) is 9.18 Å². The van der Waals surface area contributed by atoms with E-state index in [4.69, 9.17) is 21.4 Å². The van der Waals surface area contributed by atoms with Gasteiger partial charge in [-0.1, -0.05) is 23.7 Å². The van der Waals surface area contributed by atoms with Crippen molar-refractivity contribution < 1.29 is 13.9 Å². The molecule has 2 aromatic carbocycles. The normalized spacial score (nSPS) is 15.9. The number of fused-ring (bicyclic) bond motifs is 5. The first-order chi connectivity index (χ1) is 21.3. The van der Waals surface area contributed by atoms with E-state index >= 15 is 0 Å². The molecule has 4 heterocycles. The van der Waals surface area contributed by atoms with Gasteiger partial charge in [-0.2, -0.15) is 5.10 Å². The van der Waals surface area contributed by atoms with Crippen molar-refractivity contribution in [1.29, 1.82) is 0 Å². The number of hydrogen-bond acceptors (Lipinski definition) is 8. The second kappa shape index (κ2) is 11.8. The zero-order valence-corrected chi connectivity index (χ0v) is 26.0. The monoisotopic (exact) mass is 631 g/mol. The molecule has 44 heavy (non-hydrogen) atoms. The van der Waals surface area contributed by atoms with Gasteiger partial charge >= 0.3 is 0 Å². The molecule has 1 N–H and O–H groups in total. The molecule has 1 amide bonds. The van der Waals surface area contributed by atoms with Crippen molar-refractivity contribution >= 4 is 50.6 Å². The maximum Gasteiger partial charge on any atom is 0.244 e. The highest BCUT2D eigenvalue weighted by molar-refractivity contribution is 7.22. The molecule has 1 aliphatic heterocycles. The molecule has 1 aliphatic carbocycles. The van der Waals surface area contributed by atoms with Crippen LogP contribution < -0.4 is 10.1 Å². The number of nitrogens with one attached hydrogen (secondary N) is 1. The topological polar surface area (TPSA) is 88.4 Å². The standard InChI is InChI=1S/C32H31ClFN7O2S/c1-39(2)22-10-11-40(14-22)28(42)16-41-15-24-26(38-41)8-7-23-29-31(35-18-36-32(29)44-30(23)24)37-21-6-9-27(25(33)13-21)43-17-19-4-3-5-20(34)12-19/h3-6,9,12-13,15,18,22H,7-8,10-11,14,16-17H2,1-2H3,(H,35,36,37)/t22-/m1/s1. The quantitative estimate of drug-likeness (QED) is 0.227. The van der Waals surface area contributed by atoms with E-state index in [-0.39, 0.29) is 24.9 Å². The van der Waals surface area contributed by atoms with Crippen molar-refractivity contribution in [2.45, 2.75) is 38.5 Å². The molecule has 1 saturated heterocycles. The Morgan fingerprint density at radius 2 is 2.09 bits per heavy atom. The number of rotatable bonds is 8. The fraction of sp³-hybridized carbons (Fsp3) is 0.312. The molecule has 5 aromatic rings. The maximum atomic E-state index is 13.5. The number of anilines is 2. The number of halogens is 2. The van der Waals surface area contributed by atoms with Crippen LogP contribution in [0.3, 0.4) is 0 Å². The third-order valence-electron chi connectivity index (χ3n) is 8.30. The number of aryl methyl sites for hydroxylation is 2. The number of benzene rings is 2. The number of likely N-dealkylation sites (N-methyl/N-ethyl adjacent to an activating group) is 1. The summed E-state index contributed by atoms with van der Waals surface area (Å²) in [5, 5.41) is 9.64. The van der Waals surface area contributed by atoms with E-state index in [0.29, 0.717) is 22.6 Å². The van der Waals surface area contributed by atoms with Crippen LogP contribution in [0.25, 0.3) is 20.7 Å². The maximum absolute atomic E-state index is 13.5. The summed E-state index contributed by atoms with van der Waals surface area (Å²) in [5.41, 5.74) is 4.73. The Labute approximate surface area is 263 Å². The molecule has 2 aliphatic rings. The Balaban J connectivity index is 1.09. The van der Waals surface area contributed by atoms with Gasteiger partial charge in [-0.15, -0.1) is 11.3 Å². The summed E-state index contributed by atoms with van der Waals surface area (Å²) < 4.78 is 21.1. The Kier molecular flexibility index (Phi) is 7.69. The van der Waals surface area contributed by atoms with Crippen molar-refractivity contribution in [3.8, 4) is 16.2 Å². The molecule has 226 valence electrons. The number of thiophene rings is 1. The zero-order chi connectivity index (χ0) is 30.4. The van der Waals surface area contributed by atoms with Crippen LogP contribution in [0.1, 0.15) is 23.2 Å². The number of carbonyl (C=O) groups excluding carboxylic acids is 1. The van der Waals surface area contributed by atoms with Crippen molar-refractivity contribution in [2.75, 3.05) is 32.5 Å². The Bertz CT molecular complexity index is 1870. The van der Waals surface area contributed by atoms with Crippen LogP contribution in [-0.4, -0.2) is 68.7 Å². The predicted octanol–water partition coefficient (Wildman–Crippen LogP) is 5.93. The van der Waals surface area contributed by atoms with Gasteiger partial charge < -0.3 is 19.9 Å². The number of carbonyl (C=O) groups is 1. The van der Waals surface area contributed by atoms with Crippen LogP contribution in [0.2, 0.25) is 5.02 Å². The fourth-order valence-corrected chi connectivity index (χ4v) is 7.41. The summed E-state index contributed by atoms with van der Waals surface area (Å²) in [7, 11) is 4.12. The summed E-state index contributed by atoms with van der Waals surface area (Å²) in [6.07, 6.45) is 6.14. The van der Waals surface area contributed by atoms with Gasteiger partial charge in [0.1, 0.15) is 41.7 Å². The van der Waals surface area contributed by atoms with Gasteiger partial charge in [-0.25, -0.2) is 14.4 Å². The van der Waals surface area contributed by atoms with E-state index in [2.05, 4.69) is 34.3 Å². The van der Waals surface area contributed by atoms with Crippen molar-refractivity contribution in [3.63, 3.8) is 0 Å². The molecular formula is C32H31ClFN7O2S. The first-order valence-corrected chi connectivity index (χ1v) is 15.7. The van der Waals surface area contributed by atoms with E-state index in [0.717, 1.165) is 70.0 Å². The Hall–Kier alpha value is -4.06. The highest BCUT2D eigenvalue weighted by Gasteiger charge is 2.30. The zero-order valence-electron chi connectivity index (χ0n) is 24.4. The van der Waals surface area contributed by atoms with E-state index in [1.54, 1.807) is 46.6 Å². The third-order valence-corrected chi connectivity index (χ3v) is 9.77. The van der Waals surface area contributed by atoms with Crippen LogP contribution >= 0.6 is 22.9 Å². The molecule has 12 heteroatoms. The van der Waals surface area contributed by atoms with Crippen LogP contribution in [-0.2, 0) is 30.8 Å². The van der Waals surface area contributed by atoms with Gasteiger partial charge in [0.2, 0.25) is 5.91 Å². The SMILES string of the molecule is CN(C)[C@@H]1CCN(C(=O)Cn2cc3c(n2)CCc2c-3sc3ncnc(Nc4ccc(OCc5cccc(F)c5)c(Cl)c4)c23)C1. The fourth-order valence-electron chi connectivity index (χ4n) is 5.95. The number of likely N-dealkylation sites (tertiary alicyclic amines) is 1. The molecule has 0 saturated carbocycles. The van der Waals surface area contributed by atoms with E-state index in [1.807, 2.05) is 17.2 Å². The lowest BCUT2D eigenvalue weighted by molar-refractivity contribution is -0.131. The molecule has 0 radical (unpaired) electrons. The van der Waals surface area contributed by atoms with Crippen LogP contribution in [0.4, 0.5) is 15.9 Å². The van der Waals surface area contributed by atoms with Gasteiger partial charge in [-0.3, -0.25) is 9.48 Å². The molecule has 7 rings (SSSR count). The largest absolute Gasteiger partial charge is 0.487 e. The predicted molar refractivity (Wildman–Crippen MR) is 170 cm³/mol. The van der Waals surface area contributed by atoms with Crippen molar-refractivity contribution in [2.24, 2.45) is 0 Å². The number of aromatic nitrogens is 4. The molecule has 9 nitrogen and oxygen atoms in total. The van der Waals surface area contributed by atoms with Gasteiger partial charge in [0.15, 0.2) is 0 Å². The molecule has 0 unspecified atom stereocenters. The second-order valence-electron chi connectivity index (χ2n) is 11.4. The molecule has 1 fully saturated rings. The van der Waals surface area contributed by atoms with Crippen LogP contribution in [0, 0.1) is 5.82 Å². The molecule has 3 aromatic heterocycles. The van der Waals surface area contributed by atoms with E-state index in [1.165, 1.54) is 17.7 Å². The van der Waals surface area contributed by atoms with Crippen molar-refractivity contribution in [3.05, 3.63) is 82.6 Å². The average Bonchev–Trinajstić information content (AvgIpc) is 3.74. The first-order valence-electron chi connectivity index (χ1n) is 14.5. The molecule has 0 bridgehead atoms. The highest BCUT2D eigenvalue weighted by atomic mass is 35.5. The van der Waals surface area contributed by atoms with Crippen LogP contribution in [0.5, 0.6) is 5.75 Å². The lowest BCUT2D eigenvalue weighted by Gasteiger charge is -2.20. The number of amides is 1. The minimum absolute atomic E-state index is 0.104. The Morgan fingerprint density at radius 1 is 1.20 bits per heavy atom. The average molecular weight is 632 g/mol. The second-order valence-corrected chi connectivity index (χ2v) is 12.8. The smallest absolute Gasteiger partial charge is 0.244 e. The highest BCUT2D eigenvalue weighted by Crippen LogP contribution is 2.45. The molecule has 0 spiro atoms. The number of ether oxygens (including phenoxy) is 1. The summed E-state index contributed by atoms with van der Waals surface area (Å²) >= 11 is 8.18. The molecule has 1 atom stereocenters. The Morgan fingerprint density at radius 3 is 2.89 bits per heavy atom. The van der Waals surface area contributed by atoms with Crippen molar-refractivity contribution in [1.82, 2.24) is 29.5 Å². The van der Waals surface area contributed by atoms with E-state index < -0.39 is 0 Å². The number of nitrogens with zero attached hydrogens (tertiary/aromatic N) is 6. The minimum Gasteiger partial charge on any atom is -0.487 e. The lowest BCUT2D eigenvalue weighted by Crippen LogP contribution is -2.36. The minimum atomic E-state index is -0.306. The third kappa shape index (κ3) is 5.62. The molecular weight excluding hydrogens is 601 g/mol. The summed E-state index contributed by atoms with van der Waals surface area (Å²) in [6, 6.07) is 12.1. The summed E-state index contributed by atoms with van der Waals surface area (Å²) in [4.78, 5) is 28.4.